The first-order valence-corrected chi connectivity index (χ1v) is 9.47. The topological polar surface area (TPSA) is 113 Å². The lowest BCUT2D eigenvalue weighted by atomic mass is 9.66. The molecule has 2 N–H and O–H groups in total. The fourth-order valence-corrected chi connectivity index (χ4v) is 4.34. The van der Waals surface area contributed by atoms with Crippen molar-refractivity contribution in [3.05, 3.63) is 58.8 Å². The van der Waals surface area contributed by atoms with Crippen molar-refractivity contribution >= 4 is 29.3 Å². The van der Waals surface area contributed by atoms with E-state index < -0.39 is 35.3 Å². The van der Waals surface area contributed by atoms with E-state index >= 15 is 0 Å². The molecule has 0 unspecified atom stereocenters. The fraction of sp³-hybridized carbons (Fsp3) is 0.333. The van der Waals surface area contributed by atoms with Gasteiger partial charge in [0.2, 0.25) is 5.91 Å². The van der Waals surface area contributed by atoms with Crippen LogP contribution in [0.5, 0.6) is 0 Å². The molecule has 1 aromatic carbocycles. The third-order valence-electron chi connectivity index (χ3n) is 5.47. The van der Waals surface area contributed by atoms with Gasteiger partial charge in [0.1, 0.15) is 11.5 Å². The molecule has 0 aliphatic carbocycles. The molecule has 4 atom stereocenters. The molecule has 8 heteroatoms. The predicted molar refractivity (Wildman–Crippen MR) is 105 cm³/mol. The number of amides is 1. The average Bonchev–Trinajstić information content (AvgIpc) is 2.99. The number of ether oxygens (including phenoxy) is 1. The van der Waals surface area contributed by atoms with Crippen molar-refractivity contribution in [2.75, 3.05) is 6.61 Å². The second kappa shape index (κ2) is 7.72. The molecule has 1 amide bonds. The van der Waals surface area contributed by atoms with Crippen molar-refractivity contribution < 1.29 is 19.1 Å². The number of ketones is 1. The molecular formula is C21H20ClN3O4. The molecule has 150 valence electrons. The van der Waals surface area contributed by atoms with Crippen LogP contribution in [0.2, 0.25) is 5.02 Å². The second-order valence-corrected chi connectivity index (χ2v) is 7.40. The lowest BCUT2D eigenvalue weighted by Crippen LogP contribution is -2.43. The number of esters is 1. The lowest BCUT2D eigenvalue weighted by Gasteiger charge is -2.32. The van der Waals surface area contributed by atoms with Gasteiger partial charge < -0.3 is 15.4 Å². The van der Waals surface area contributed by atoms with Gasteiger partial charge in [-0.25, -0.2) is 4.79 Å². The number of nitrogens with zero attached hydrogens (tertiary/aromatic N) is 2. The summed E-state index contributed by atoms with van der Waals surface area (Å²) < 4.78 is 5.27. The first kappa shape index (κ1) is 20.6. The van der Waals surface area contributed by atoms with Gasteiger partial charge in [0.15, 0.2) is 5.78 Å². The summed E-state index contributed by atoms with van der Waals surface area (Å²) in [5, 5.41) is 10.7. The number of hydrogen-bond acceptors (Lipinski definition) is 6. The molecule has 1 aromatic rings. The Morgan fingerprint density at radius 2 is 1.97 bits per heavy atom. The molecule has 0 bridgehead atoms. The summed E-state index contributed by atoms with van der Waals surface area (Å²) in [7, 11) is 0. The highest BCUT2D eigenvalue weighted by atomic mass is 35.5. The smallest absolute Gasteiger partial charge is 0.329 e. The molecule has 0 saturated carbocycles. The third kappa shape index (κ3) is 3.19. The van der Waals surface area contributed by atoms with Gasteiger partial charge in [0, 0.05) is 17.1 Å². The number of primary amides is 1. The monoisotopic (exact) mass is 413 g/mol. The molecule has 0 spiro atoms. The van der Waals surface area contributed by atoms with E-state index in [1.165, 1.54) is 19.2 Å². The Kier molecular flexibility index (Phi) is 5.49. The zero-order valence-electron chi connectivity index (χ0n) is 16.0. The van der Waals surface area contributed by atoms with E-state index in [-0.39, 0.29) is 18.0 Å². The SMILES string of the molecule is CCOC(=O)[C@@H]1[C@H](c2ccc(Cl)cc2)[C@](C#N)(C(C)=O)[C@H]2C=CC(C(N)=O)=CN12. The predicted octanol–water partition coefficient (Wildman–Crippen LogP) is 2.08. The number of halogens is 1. The molecule has 7 nitrogen and oxygen atoms in total. The average molecular weight is 414 g/mol. The molecule has 29 heavy (non-hydrogen) atoms. The Hall–Kier alpha value is -3.11. The molecule has 2 aliphatic heterocycles. The van der Waals surface area contributed by atoms with Crippen molar-refractivity contribution in [1.82, 2.24) is 4.90 Å². The number of nitrogens with two attached hydrogens (primary N) is 1. The third-order valence-corrected chi connectivity index (χ3v) is 5.72. The summed E-state index contributed by atoms with van der Waals surface area (Å²) in [4.78, 5) is 39.1. The normalized spacial score (nSPS) is 27.6. The van der Waals surface area contributed by atoms with Gasteiger partial charge in [0.05, 0.1) is 24.3 Å². The van der Waals surface area contributed by atoms with Crippen LogP contribution in [0.4, 0.5) is 0 Å². The van der Waals surface area contributed by atoms with E-state index in [1.807, 2.05) is 0 Å². The minimum Gasteiger partial charge on any atom is -0.464 e. The van der Waals surface area contributed by atoms with Crippen LogP contribution >= 0.6 is 11.6 Å². The van der Waals surface area contributed by atoms with Gasteiger partial charge in [-0.1, -0.05) is 29.8 Å². The Labute approximate surface area is 173 Å². The summed E-state index contributed by atoms with van der Waals surface area (Å²) in [6, 6.07) is 7.08. The molecular weight excluding hydrogens is 394 g/mol. The summed E-state index contributed by atoms with van der Waals surface area (Å²) in [5.74, 6) is -2.49. The standard InChI is InChI=1S/C21H20ClN3O4/c1-3-29-20(28)18-17(13-4-7-15(22)8-5-13)21(11-23,12(2)26)16-9-6-14(19(24)27)10-25(16)18/h4-10,16-18H,3H2,1-2H3,(H2,24,27)/t16-,17+,18+,21-/m1/s1. The van der Waals surface area contributed by atoms with Gasteiger partial charge in [0.25, 0.3) is 0 Å². The molecule has 2 heterocycles. The zero-order chi connectivity index (χ0) is 21.3. The Morgan fingerprint density at radius 3 is 2.48 bits per heavy atom. The first-order chi connectivity index (χ1) is 13.8. The summed E-state index contributed by atoms with van der Waals surface area (Å²) in [6.45, 7) is 3.13. The minimum absolute atomic E-state index is 0.128. The highest BCUT2D eigenvalue weighted by Gasteiger charge is 2.64. The maximum absolute atomic E-state index is 13.0. The number of benzene rings is 1. The molecule has 3 rings (SSSR count). The summed E-state index contributed by atoms with van der Waals surface area (Å²) in [5.41, 5.74) is 4.60. The highest BCUT2D eigenvalue weighted by Crippen LogP contribution is 2.53. The van der Waals surface area contributed by atoms with Crippen LogP contribution in [-0.2, 0) is 19.1 Å². The van der Waals surface area contributed by atoms with E-state index in [2.05, 4.69) is 6.07 Å². The van der Waals surface area contributed by atoms with Crippen LogP contribution < -0.4 is 5.73 Å². The van der Waals surface area contributed by atoms with Gasteiger partial charge in [-0.2, -0.15) is 5.26 Å². The van der Waals surface area contributed by atoms with Gasteiger partial charge in [-0.15, -0.1) is 0 Å². The number of fused-ring (bicyclic) bond motifs is 1. The Bertz CT molecular complexity index is 963. The van der Waals surface area contributed by atoms with Crippen LogP contribution in [0.1, 0.15) is 25.3 Å². The highest BCUT2D eigenvalue weighted by molar-refractivity contribution is 6.30. The van der Waals surface area contributed by atoms with Crippen molar-refractivity contribution in [2.45, 2.75) is 31.8 Å². The maximum atomic E-state index is 13.0. The number of rotatable bonds is 5. The summed E-state index contributed by atoms with van der Waals surface area (Å²) >= 11 is 6.00. The van der Waals surface area contributed by atoms with Crippen LogP contribution in [0.3, 0.4) is 0 Å². The number of nitriles is 1. The molecule has 0 aromatic heterocycles. The van der Waals surface area contributed by atoms with Crippen LogP contribution in [0.15, 0.2) is 48.2 Å². The van der Waals surface area contributed by atoms with E-state index in [0.29, 0.717) is 10.6 Å². The number of hydrogen-bond donors (Lipinski definition) is 1. The van der Waals surface area contributed by atoms with Crippen LogP contribution in [-0.4, -0.2) is 41.3 Å². The van der Waals surface area contributed by atoms with E-state index in [1.54, 1.807) is 42.2 Å². The lowest BCUT2D eigenvalue weighted by molar-refractivity contribution is -0.148. The van der Waals surface area contributed by atoms with Gasteiger partial charge >= 0.3 is 5.97 Å². The van der Waals surface area contributed by atoms with Crippen molar-refractivity contribution in [2.24, 2.45) is 11.1 Å². The van der Waals surface area contributed by atoms with Crippen molar-refractivity contribution in [3.63, 3.8) is 0 Å². The van der Waals surface area contributed by atoms with E-state index in [9.17, 15) is 19.6 Å². The first-order valence-electron chi connectivity index (χ1n) is 9.09. The summed E-state index contributed by atoms with van der Waals surface area (Å²) in [6.07, 6.45) is 4.48. The van der Waals surface area contributed by atoms with Gasteiger partial charge in [-0.3, -0.25) is 9.59 Å². The van der Waals surface area contributed by atoms with E-state index in [4.69, 9.17) is 22.1 Å². The Balaban J connectivity index is 2.28. The molecule has 1 fully saturated rings. The van der Waals surface area contributed by atoms with Crippen LogP contribution in [0.25, 0.3) is 0 Å². The second-order valence-electron chi connectivity index (χ2n) is 6.96. The van der Waals surface area contributed by atoms with Gasteiger partial charge in [-0.05, 0) is 37.6 Å². The molecule has 0 radical (unpaired) electrons. The number of carbonyl (C=O) groups excluding carboxylic acids is 3. The quantitative estimate of drug-likeness (QED) is 0.739. The fourth-order valence-electron chi connectivity index (χ4n) is 4.21. The number of carbonyl (C=O) groups is 3. The van der Waals surface area contributed by atoms with Crippen molar-refractivity contribution in [1.29, 1.82) is 5.26 Å². The van der Waals surface area contributed by atoms with E-state index in [0.717, 1.165) is 0 Å². The maximum Gasteiger partial charge on any atom is 0.329 e. The number of Topliss-reactive ketones (excluding diaryl/α,β-unsaturated/α-hetero) is 1. The molecule has 1 saturated heterocycles. The molecule has 2 aliphatic rings. The zero-order valence-corrected chi connectivity index (χ0v) is 16.7. The van der Waals surface area contributed by atoms with Crippen LogP contribution in [0, 0.1) is 16.7 Å². The minimum atomic E-state index is -1.57. The van der Waals surface area contributed by atoms with Crippen molar-refractivity contribution in [3.8, 4) is 6.07 Å². The largest absolute Gasteiger partial charge is 0.464 e. The Morgan fingerprint density at radius 1 is 1.31 bits per heavy atom.